The van der Waals surface area contributed by atoms with Crippen LogP contribution in [-0.2, 0) is 19.7 Å². The Bertz CT molecular complexity index is 564. The lowest BCUT2D eigenvalue weighted by atomic mass is 10.5. The minimum absolute atomic E-state index is 0.221. The van der Waals surface area contributed by atoms with Crippen LogP contribution in [0.25, 0.3) is 0 Å². The van der Waals surface area contributed by atoms with Gasteiger partial charge in [0.1, 0.15) is 10.0 Å². The molecule has 1 rings (SSSR count). The highest BCUT2D eigenvalue weighted by atomic mass is 35.5. The SMILES string of the molecule is CS(=O)(=O)CS(=O)(=O)c1cccnc1Cl. The van der Waals surface area contributed by atoms with Gasteiger partial charge < -0.3 is 0 Å². The van der Waals surface area contributed by atoms with Crippen LogP contribution in [0.2, 0.25) is 5.15 Å². The van der Waals surface area contributed by atoms with E-state index in [4.69, 9.17) is 11.6 Å². The number of rotatable bonds is 3. The van der Waals surface area contributed by atoms with Crippen molar-refractivity contribution in [3.8, 4) is 0 Å². The number of aromatic nitrogens is 1. The first-order valence-electron chi connectivity index (χ1n) is 3.73. The fraction of sp³-hybridized carbons (Fsp3) is 0.286. The summed E-state index contributed by atoms with van der Waals surface area (Å²) in [5.74, 6) is 0. The molecule has 0 aliphatic rings. The summed E-state index contributed by atoms with van der Waals surface area (Å²) in [5.41, 5.74) is 0. The van der Waals surface area contributed by atoms with Crippen LogP contribution in [0.15, 0.2) is 23.2 Å². The number of pyridine rings is 1. The molecule has 84 valence electrons. The van der Waals surface area contributed by atoms with Gasteiger partial charge in [0.25, 0.3) is 0 Å². The molecule has 0 amide bonds. The lowest BCUT2D eigenvalue weighted by molar-refractivity contribution is 0.591. The molecule has 0 unspecified atom stereocenters. The van der Waals surface area contributed by atoms with Crippen LogP contribution in [0.5, 0.6) is 0 Å². The minimum atomic E-state index is -3.93. The summed E-state index contributed by atoms with van der Waals surface area (Å²) in [4.78, 5) is 3.30. The molecule has 5 nitrogen and oxygen atoms in total. The largest absolute Gasteiger partial charge is 0.243 e. The molecule has 0 radical (unpaired) electrons. The van der Waals surface area contributed by atoms with Gasteiger partial charge >= 0.3 is 0 Å². The van der Waals surface area contributed by atoms with Crippen LogP contribution in [0.1, 0.15) is 0 Å². The lowest BCUT2D eigenvalue weighted by Gasteiger charge is -2.03. The minimum Gasteiger partial charge on any atom is -0.243 e. The Kier molecular flexibility index (Phi) is 3.37. The highest BCUT2D eigenvalue weighted by Gasteiger charge is 2.23. The van der Waals surface area contributed by atoms with Crippen molar-refractivity contribution in [2.45, 2.75) is 4.90 Å². The third-order valence-corrected chi connectivity index (χ3v) is 5.80. The van der Waals surface area contributed by atoms with Crippen LogP contribution < -0.4 is 0 Å². The maximum atomic E-state index is 11.6. The normalized spacial score (nSPS) is 12.7. The van der Waals surface area contributed by atoms with Gasteiger partial charge in [0.05, 0.1) is 0 Å². The third-order valence-electron chi connectivity index (χ3n) is 1.43. The fourth-order valence-electron chi connectivity index (χ4n) is 0.949. The summed E-state index contributed by atoms with van der Waals surface area (Å²) in [5, 5.41) is -1.19. The molecule has 1 aromatic rings. The standard InChI is InChI=1S/C7H8ClNO4S2/c1-14(10,11)5-15(12,13)6-3-2-4-9-7(6)8/h2-4H,5H2,1H3. The summed E-state index contributed by atoms with van der Waals surface area (Å²) in [6.45, 7) is 0. The summed E-state index contributed by atoms with van der Waals surface area (Å²) in [6.07, 6.45) is 2.16. The molecule has 0 atom stereocenters. The molecular weight excluding hydrogens is 262 g/mol. The first-order chi connectivity index (χ1) is 6.72. The Morgan fingerprint density at radius 3 is 2.40 bits per heavy atom. The Balaban J connectivity index is 3.25. The molecule has 0 aliphatic carbocycles. The number of sulfone groups is 2. The van der Waals surface area contributed by atoms with Gasteiger partial charge in [-0.2, -0.15) is 0 Å². The van der Waals surface area contributed by atoms with E-state index in [-0.39, 0.29) is 10.0 Å². The average molecular weight is 270 g/mol. The smallest absolute Gasteiger partial charge is 0.195 e. The summed E-state index contributed by atoms with van der Waals surface area (Å²) >= 11 is 5.55. The van der Waals surface area contributed by atoms with Crippen molar-refractivity contribution >= 4 is 31.3 Å². The molecule has 0 N–H and O–H groups in total. The predicted molar refractivity (Wildman–Crippen MR) is 56.1 cm³/mol. The zero-order valence-electron chi connectivity index (χ0n) is 7.71. The molecular formula is C7H8ClNO4S2. The van der Waals surface area contributed by atoms with E-state index in [2.05, 4.69) is 4.98 Å². The van der Waals surface area contributed by atoms with Gasteiger partial charge in [-0.25, -0.2) is 21.8 Å². The van der Waals surface area contributed by atoms with Crippen LogP contribution >= 0.6 is 11.6 Å². The van der Waals surface area contributed by atoms with Crippen molar-refractivity contribution < 1.29 is 16.8 Å². The van der Waals surface area contributed by atoms with E-state index in [0.717, 1.165) is 6.26 Å². The summed E-state index contributed by atoms with van der Waals surface area (Å²) in [7, 11) is -7.55. The molecule has 0 aromatic carbocycles. The van der Waals surface area contributed by atoms with Crippen LogP contribution in [0, 0.1) is 0 Å². The first-order valence-corrected chi connectivity index (χ1v) is 7.82. The molecule has 0 spiro atoms. The van der Waals surface area contributed by atoms with Gasteiger partial charge in [-0.3, -0.25) is 0 Å². The monoisotopic (exact) mass is 269 g/mol. The zero-order valence-corrected chi connectivity index (χ0v) is 10.1. The van der Waals surface area contributed by atoms with E-state index in [0.29, 0.717) is 0 Å². The summed E-state index contributed by atoms with van der Waals surface area (Å²) in [6, 6.07) is 2.59. The van der Waals surface area contributed by atoms with E-state index in [9.17, 15) is 16.8 Å². The predicted octanol–water partition coefficient (Wildman–Crippen LogP) is 0.511. The molecule has 15 heavy (non-hydrogen) atoms. The molecule has 8 heteroatoms. The van der Waals surface area contributed by atoms with Crippen molar-refractivity contribution in [3.05, 3.63) is 23.5 Å². The number of hydrogen-bond acceptors (Lipinski definition) is 5. The highest BCUT2D eigenvalue weighted by molar-refractivity contribution is 8.07. The highest BCUT2D eigenvalue weighted by Crippen LogP contribution is 2.19. The van der Waals surface area contributed by atoms with Gasteiger partial charge in [0.15, 0.2) is 24.8 Å². The molecule has 0 aliphatic heterocycles. The maximum absolute atomic E-state index is 11.6. The van der Waals surface area contributed by atoms with Gasteiger partial charge in [-0.05, 0) is 12.1 Å². The Morgan fingerprint density at radius 2 is 1.93 bits per heavy atom. The third kappa shape index (κ3) is 3.44. The van der Waals surface area contributed by atoms with E-state index in [1.54, 1.807) is 0 Å². The number of nitrogens with zero attached hydrogens (tertiary/aromatic N) is 1. The molecule has 0 bridgehead atoms. The van der Waals surface area contributed by atoms with Crippen molar-refractivity contribution in [3.63, 3.8) is 0 Å². The number of halogens is 1. The van der Waals surface area contributed by atoms with Crippen LogP contribution in [0.4, 0.5) is 0 Å². The lowest BCUT2D eigenvalue weighted by Crippen LogP contribution is -2.15. The topological polar surface area (TPSA) is 81.2 Å². The Morgan fingerprint density at radius 1 is 1.33 bits per heavy atom. The second-order valence-electron chi connectivity index (χ2n) is 2.95. The molecule has 1 aromatic heterocycles. The second-order valence-corrected chi connectivity index (χ2v) is 7.77. The van der Waals surface area contributed by atoms with E-state index >= 15 is 0 Å². The second kappa shape index (κ2) is 4.07. The van der Waals surface area contributed by atoms with Gasteiger partial charge in [0.2, 0.25) is 0 Å². The van der Waals surface area contributed by atoms with Gasteiger partial charge in [0, 0.05) is 12.5 Å². The van der Waals surface area contributed by atoms with Crippen molar-refractivity contribution in [1.82, 2.24) is 4.98 Å². The molecule has 0 saturated heterocycles. The van der Waals surface area contributed by atoms with Crippen molar-refractivity contribution in [1.29, 1.82) is 0 Å². The molecule has 0 fully saturated rings. The van der Waals surface area contributed by atoms with Gasteiger partial charge in [-0.15, -0.1) is 0 Å². The quantitative estimate of drug-likeness (QED) is 0.747. The zero-order chi connectivity index (χ0) is 11.7. The molecule has 1 heterocycles. The van der Waals surface area contributed by atoms with Gasteiger partial charge in [-0.1, -0.05) is 11.6 Å². The van der Waals surface area contributed by atoms with Crippen LogP contribution in [-0.4, -0.2) is 33.2 Å². The maximum Gasteiger partial charge on any atom is 0.195 e. The van der Waals surface area contributed by atoms with E-state index in [1.165, 1.54) is 18.3 Å². The van der Waals surface area contributed by atoms with Crippen LogP contribution in [0.3, 0.4) is 0 Å². The Labute approximate surface area is 92.9 Å². The van der Waals surface area contributed by atoms with Crippen molar-refractivity contribution in [2.75, 3.05) is 11.3 Å². The fourth-order valence-corrected chi connectivity index (χ4v) is 4.78. The van der Waals surface area contributed by atoms with E-state index in [1.807, 2.05) is 0 Å². The number of hydrogen-bond donors (Lipinski definition) is 0. The summed E-state index contributed by atoms with van der Waals surface area (Å²) < 4.78 is 44.9. The van der Waals surface area contributed by atoms with E-state index < -0.39 is 24.8 Å². The first kappa shape index (κ1) is 12.4. The molecule has 0 saturated carbocycles. The Hall–Kier alpha value is -0.660. The average Bonchev–Trinajstić information content (AvgIpc) is 1.99. The van der Waals surface area contributed by atoms with Crippen molar-refractivity contribution in [2.24, 2.45) is 0 Å².